The summed E-state index contributed by atoms with van der Waals surface area (Å²) >= 11 is 0. The summed E-state index contributed by atoms with van der Waals surface area (Å²) in [4.78, 5) is 29.8. The van der Waals surface area contributed by atoms with Gasteiger partial charge in [0, 0.05) is 45.4 Å². The number of carbonyl (C=O) groups is 2. The molecule has 10 heteroatoms. The van der Waals surface area contributed by atoms with Crippen molar-refractivity contribution in [2.45, 2.75) is 104 Å². The number of hydrogen-bond donors (Lipinski definition) is 2. The second-order valence-corrected chi connectivity index (χ2v) is 21.0. The van der Waals surface area contributed by atoms with Crippen LogP contribution in [0.25, 0.3) is 5.57 Å². The monoisotopic (exact) mass is 779 g/mol. The number of fused-ring (bicyclic) bond motifs is 7. The van der Waals surface area contributed by atoms with Crippen molar-refractivity contribution in [3.8, 4) is 0 Å². The number of nitrogens with zero attached hydrogens (tertiary/aromatic N) is 2. The maximum Gasteiger partial charge on any atom is 0.335 e. The summed E-state index contributed by atoms with van der Waals surface area (Å²) in [6.07, 6.45) is 15.9. The number of aromatic carboxylic acids is 1. The van der Waals surface area contributed by atoms with Gasteiger partial charge < -0.3 is 20.1 Å². The van der Waals surface area contributed by atoms with Gasteiger partial charge in [-0.15, -0.1) is 6.58 Å². The minimum Gasteiger partial charge on any atom is -0.478 e. The smallest absolute Gasteiger partial charge is 0.335 e. The minimum atomic E-state index is -2.94. The summed E-state index contributed by atoms with van der Waals surface area (Å²) in [7, 11) is -1.27. The number of nitrogens with one attached hydrogen (secondary N) is 1. The van der Waals surface area contributed by atoms with Crippen LogP contribution >= 0.6 is 0 Å². The van der Waals surface area contributed by atoms with Gasteiger partial charge in [0.2, 0.25) is 0 Å². The molecule has 5 aliphatic carbocycles. The first kappa shape index (κ1) is 41.9. The van der Waals surface area contributed by atoms with E-state index in [9.17, 15) is 23.1 Å². The summed E-state index contributed by atoms with van der Waals surface area (Å²) in [5, 5.41) is 13.1. The number of methoxy groups -OCH3 is 1. The fraction of sp³-hybridized carbons (Fsp3) is 0.733. The SMILES string of the molecule is C=CC.COCCN(CCN1CCS(=O)(=O)CC1)C(=O)NC12CCCC1C1CCC3C4(C)CC=C(c5ccc(C(=O)O)cc5)C(C)C4CCC3(C)[C@]1(C)CC2. The quantitative estimate of drug-likeness (QED) is 0.243. The Morgan fingerprint density at radius 1 is 0.964 bits per heavy atom. The molecule has 0 radical (unpaired) electrons. The number of urea groups is 1. The van der Waals surface area contributed by atoms with Crippen LogP contribution in [0.1, 0.15) is 115 Å². The number of hydrogen-bond acceptors (Lipinski definition) is 6. The van der Waals surface area contributed by atoms with Gasteiger partial charge in [-0.2, -0.15) is 0 Å². The molecule has 4 saturated carbocycles. The van der Waals surface area contributed by atoms with Gasteiger partial charge in [-0.1, -0.05) is 58.4 Å². The zero-order chi connectivity index (χ0) is 39.8. The highest BCUT2D eigenvalue weighted by molar-refractivity contribution is 7.91. The molecule has 8 unspecified atom stereocenters. The molecule has 2 N–H and O–H groups in total. The van der Waals surface area contributed by atoms with Crippen LogP contribution in [0.4, 0.5) is 4.79 Å². The minimum absolute atomic E-state index is 0.0153. The predicted molar refractivity (Wildman–Crippen MR) is 221 cm³/mol. The van der Waals surface area contributed by atoms with Crippen molar-refractivity contribution in [1.82, 2.24) is 15.1 Å². The highest BCUT2D eigenvalue weighted by Gasteiger charge is 2.68. The largest absolute Gasteiger partial charge is 0.478 e. The highest BCUT2D eigenvalue weighted by atomic mass is 32.2. The van der Waals surface area contributed by atoms with Gasteiger partial charge in [0.15, 0.2) is 9.84 Å². The summed E-state index contributed by atoms with van der Waals surface area (Å²) in [6, 6.07) is 7.51. The third-order valence-electron chi connectivity index (χ3n) is 16.4. The normalized spacial score (nSPS) is 37.7. The topological polar surface area (TPSA) is 116 Å². The lowest BCUT2D eigenvalue weighted by Crippen LogP contribution is -2.68. The summed E-state index contributed by atoms with van der Waals surface area (Å²) in [5.41, 5.74) is 3.41. The zero-order valence-corrected chi connectivity index (χ0v) is 35.4. The number of carbonyl (C=O) groups excluding carboxylic acids is 1. The van der Waals surface area contributed by atoms with E-state index in [2.05, 4.69) is 50.6 Å². The number of carboxylic acids is 1. The van der Waals surface area contributed by atoms with E-state index in [1.54, 1.807) is 25.3 Å². The van der Waals surface area contributed by atoms with Crippen LogP contribution in [0.2, 0.25) is 0 Å². The van der Waals surface area contributed by atoms with Gasteiger partial charge in [-0.05, 0) is 134 Å². The second-order valence-electron chi connectivity index (χ2n) is 18.7. The van der Waals surface area contributed by atoms with Crippen molar-refractivity contribution >= 4 is 27.4 Å². The molecule has 306 valence electrons. The molecule has 0 aromatic heterocycles. The molecule has 1 heterocycles. The van der Waals surface area contributed by atoms with Crippen LogP contribution in [0.5, 0.6) is 0 Å². The van der Waals surface area contributed by atoms with Crippen molar-refractivity contribution < 1.29 is 27.9 Å². The predicted octanol–water partition coefficient (Wildman–Crippen LogP) is 8.18. The lowest BCUT2D eigenvalue weighted by molar-refractivity contribution is -0.210. The van der Waals surface area contributed by atoms with Crippen molar-refractivity contribution in [1.29, 1.82) is 0 Å². The van der Waals surface area contributed by atoms with Crippen molar-refractivity contribution in [2.24, 2.45) is 45.8 Å². The summed E-state index contributed by atoms with van der Waals surface area (Å²) in [6.45, 7) is 18.9. The molecule has 2 amide bonds. The van der Waals surface area contributed by atoms with Crippen molar-refractivity contribution in [2.75, 3.05) is 57.9 Å². The second kappa shape index (κ2) is 16.3. The molecule has 55 heavy (non-hydrogen) atoms. The lowest BCUT2D eigenvalue weighted by atomic mass is 9.34. The number of rotatable bonds is 9. The van der Waals surface area contributed by atoms with E-state index < -0.39 is 15.8 Å². The zero-order valence-electron chi connectivity index (χ0n) is 34.6. The van der Waals surface area contributed by atoms with Gasteiger partial charge >= 0.3 is 12.0 Å². The Balaban J connectivity index is 0.00000166. The standard InChI is InChI=1S/C42H63N3O6S.C3H6/c1-29-32(30-8-10-31(11-9-30)37(46)47)14-17-39(2)33(29)15-18-41(4)36(39)13-12-34-35-7-6-16-42(35,20-19-40(34,41)3)43-38(48)45(23-26-51-5)22-21-44-24-27-52(49,50)28-25-44;1-3-2/h8-11,14,29,33-36H,6-7,12-13,15-28H2,1-5H3,(H,43,48)(H,46,47);3H,1H2,2H3/t29?,33?,34?,35?,36?,39?,40-,41?,42?;/m1./s1. The molecular weight excluding hydrogens is 711 g/mol. The number of sulfone groups is 1. The summed E-state index contributed by atoms with van der Waals surface area (Å²) in [5.74, 6) is 2.27. The average molecular weight is 780 g/mol. The molecule has 5 fully saturated rings. The third-order valence-corrected chi connectivity index (χ3v) is 18.0. The number of allylic oxidation sites excluding steroid dienone is 3. The fourth-order valence-electron chi connectivity index (χ4n) is 13.3. The maximum atomic E-state index is 14.2. The number of benzene rings is 1. The lowest BCUT2D eigenvalue weighted by Gasteiger charge is -2.71. The first-order valence-electron chi connectivity index (χ1n) is 21.2. The van der Waals surface area contributed by atoms with Crippen molar-refractivity contribution in [3.05, 3.63) is 54.1 Å². The molecule has 6 aliphatic rings. The summed E-state index contributed by atoms with van der Waals surface area (Å²) < 4.78 is 29.4. The highest BCUT2D eigenvalue weighted by Crippen LogP contribution is 2.75. The van der Waals surface area contributed by atoms with E-state index in [0.717, 1.165) is 37.7 Å². The first-order valence-corrected chi connectivity index (χ1v) is 23.0. The third kappa shape index (κ3) is 7.70. The van der Waals surface area contributed by atoms with Crippen LogP contribution in [0.15, 0.2) is 43.0 Å². The van der Waals surface area contributed by atoms with E-state index in [-0.39, 0.29) is 39.3 Å². The van der Waals surface area contributed by atoms with Crippen LogP contribution in [0, 0.1) is 45.8 Å². The molecule has 9 nitrogen and oxygen atoms in total. The molecule has 0 bridgehead atoms. The van der Waals surface area contributed by atoms with Gasteiger partial charge in [-0.3, -0.25) is 4.90 Å². The van der Waals surface area contributed by atoms with E-state index >= 15 is 0 Å². The Hall–Kier alpha value is -2.69. The van der Waals surface area contributed by atoms with E-state index in [1.165, 1.54) is 37.7 Å². The van der Waals surface area contributed by atoms with Crippen LogP contribution in [0.3, 0.4) is 0 Å². The first-order chi connectivity index (χ1) is 26.1. The Bertz CT molecular complexity index is 1700. The van der Waals surface area contributed by atoms with E-state index in [1.807, 2.05) is 24.0 Å². The van der Waals surface area contributed by atoms with Gasteiger partial charge in [0.25, 0.3) is 0 Å². The molecule has 0 spiro atoms. The van der Waals surface area contributed by atoms with Crippen LogP contribution < -0.4 is 5.32 Å². The number of ether oxygens (including phenoxy) is 1. The van der Waals surface area contributed by atoms with Gasteiger partial charge in [-0.25, -0.2) is 18.0 Å². The number of amides is 2. The molecule has 1 saturated heterocycles. The molecule has 7 rings (SSSR count). The van der Waals surface area contributed by atoms with Crippen molar-refractivity contribution in [3.63, 3.8) is 0 Å². The fourth-order valence-corrected chi connectivity index (χ4v) is 14.5. The van der Waals surface area contributed by atoms with E-state index in [4.69, 9.17) is 4.74 Å². The Labute approximate surface area is 331 Å². The molecule has 9 atom stereocenters. The average Bonchev–Trinajstić information content (AvgIpc) is 3.56. The van der Waals surface area contributed by atoms with E-state index in [0.29, 0.717) is 74.5 Å². The number of carboxylic acid groups (broad SMARTS) is 1. The van der Waals surface area contributed by atoms with Crippen LogP contribution in [-0.4, -0.2) is 98.8 Å². The Kier molecular flexibility index (Phi) is 12.4. The Morgan fingerprint density at radius 2 is 1.65 bits per heavy atom. The van der Waals surface area contributed by atoms with Gasteiger partial charge in [0.1, 0.15) is 0 Å². The van der Waals surface area contributed by atoms with Crippen LogP contribution in [-0.2, 0) is 14.6 Å². The maximum absolute atomic E-state index is 14.2. The Morgan fingerprint density at radius 3 is 2.31 bits per heavy atom. The molecular formula is C45H69N3O6S. The van der Waals surface area contributed by atoms with Gasteiger partial charge in [0.05, 0.1) is 23.7 Å². The molecule has 1 aliphatic heterocycles. The molecule has 1 aromatic rings. The molecule has 1 aromatic carbocycles.